The van der Waals surface area contributed by atoms with Crippen LogP contribution in [-0.2, 0) is 65.4 Å². The lowest BCUT2D eigenvalue weighted by Crippen LogP contribution is -2.30. The van der Waals surface area contributed by atoms with E-state index in [-0.39, 0.29) is 25.7 Å². The SMILES string of the molecule is CCCCCCCCCCCCCCCCCCCC(=O)OC[C@H](COP(=O)(O)OC[C@@H](O)COP(=O)(O)OC[C@@H](COC(=O)CCCCCCCCCCCC)OC(=O)CCCCCCCCCCCCCCCCCC)OC(=O)CCCCCCCCCCCCCCCCCCCCC(C)C. The Labute approximate surface area is 638 Å². The van der Waals surface area contributed by atoms with Crippen molar-refractivity contribution in [3.8, 4) is 0 Å². The van der Waals surface area contributed by atoms with Crippen molar-refractivity contribution in [1.29, 1.82) is 0 Å². The standard InChI is InChI=1S/C85H166O17P2/c1-6-9-12-15-18-21-24-26-28-32-37-40-44-49-54-59-64-69-83(88)96-75-81(102-85(90)71-66-61-56-51-46-42-38-34-31-30-33-35-39-43-47-52-57-62-67-78(4)5)77-100-104(93,94)98-73-79(86)72-97-103(91,92)99-76-80(74-95-82(87)68-63-58-53-48-23-20-17-14-11-8-3)101-84(89)70-65-60-55-50-45-41-36-29-27-25-22-19-16-13-10-7-2/h78-81,86H,6-77H2,1-5H3,(H,91,92)(H,93,94)/t79-,80+,81+/m0/s1. The van der Waals surface area contributed by atoms with Gasteiger partial charge in [-0.3, -0.25) is 37.3 Å². The highest BCUT2D eigenvalue weighted by Gasteiger charge is 2.30. The Morgan fingerprint density at radius 2 is 0.442 bits per heavy atom. The summed E-state index contributed by atoms with van der Waals surface area (Å²) >= 11 is 0. The summed E-state index contributed by atoms with van der Waals surface area (Å²) < 4.78 is 68.9. The lowest BCUT2D eigenvalue weighted by molar-refractivity contribution is -0.161. The van der Waals surface area contributed by atoms with Gasteiger partial charge in [-0.05, 0) is 31.6 Å². The summed E-state index contributed by atoms with van der Waals surface area (Å²) in [6.07, 6.45) is 70.7. The van der Waals surface area contributed by atoms with Crippen molar-refractivity contribution < 1.29 is 80.2 Å². The first kappa shape index (κ1) is 102. The molecule has 3 N–H and O–H groups in total. The molecule has 17 nitrogen and oxygen atoms in total. The minimum atomic E-state index is -4.96. The van der Waals surface area contributed by atoms with Gasteiger partial charge in [0.1, 0.15) is 19.3 Å². The highest BCUT2D eigenvalue weighted by Crippen LogP contribution is 2.45. The number of aliphatic hydroxyl groups is 1. The number of phosphoric acid groups is 2. The number of esters is 4. The molecule has 0 radical (unpaired) electrons. The van der Waals surface area contributed by atoms with E-state index >= 15 is 0 Å². The Hall–Kier alpha value is -1.94. The Kier molecular flexibility index (Phi) is 76.3. The summed E-state index contributed by atoms with van der Waals surface area (Å²) in [5, 5.41) is 10.7. The largest absolute Gasteiger partial charge is 0.472 e. The number of carbonyl (C=O) groups excluding carboxylic acids is 4. The van der Waals surface area contributed by atoms with Crippen molar-refractivity contribution in [2.75, 3.05) is 39.6 Å². The molecule has 5 atom stereocenters. The maximum absolute atomic E-state index is 13.1. The van der Waals surface area contributed by atoms with Crippen LogP contribution >= 0.6 is 15.6 Å². The molecule has 2 unspecified atom stereocenters. The predicted octanol–water partition coefficient (Wildman–Crippen LogP) is 26.0. The number of hydrogen-bond acceptors (Lipinski definition) is 15. The van der Waals surface area contributed by atoms with Gasteiger partial charge >= 0.3 is 39.5 Å². The van der Waals surface area contributed by atoms with Crippen LogP contribution in [-0.4, -0.2) is 96.7 Å². The third-order valence-corrected chi connectivity index (χ3v) is 21.9. The molecule has 0 aromatic carbocycles. The normalized spacial score (nSPS) is 13.8. The van der Waals surface area contributed by atoms with Gasteiger partial charge in [-0.2, -0.15) is 0 Å². The minimum Gasteiger partial charge on any atom is -0.462 e. The number of hydrogen-bond donors (Lipinski definition) is 3. The molecule has 0 rings (SSSR count). The molecule has 0 aliphatic carbocycles. The van der Waals surface area contributed by atoms with E-state index in [1.807, 2.05) is 0 Å². The molecule has 0 fully saturated rings. The molecule has 0 spiro atoms. The molecule has 0 aromatic rings. The molecule has 104 heavy (non-hydrogen) atoms. The zero-order chi connectivity index (χ0) is 76.2. The molecule has 0 amide bonds. The number of carbonyl (C=O) groups is 4. The Bertz CT molecular complexity index is 1980. The summed E-state index contributed by atoms with van der Waals surface area (Å²) in [5.74, 6) is -1.28. The van der Waals surface area contributed by atoms with E-state index in [1.165, 1.54) is 283 Å². The van der Waals surface area contributed by atoms with Crippen LogP contribution in [0.2, 0.25) is 0 Å². The molecule has 0 saturated heterocycles. The van der Waals surface area contributed by atoms with Crippen molar-refractivity contribution in [2.24, 2.45) is 5.92 Å². The first-order valence-electron chi connectivity index (χ1n) is 44.1. The van der Waals surface area contributed by atoms with E-state index in [4.69, 9.17) is 37.0 Å². The molecule has 19 heteroatoms. The van der Waals surface area contributed by atoms with Crippen molar-refractivity contribution >= 4 is 39.5 Å². The molecule has 0 aliphatic heterocycles. The fourth-order valence-corrected chi connectivity index (χ4v) is 14.9. The molecular formula is C85H166O17P2. The topological polar surface area (TPSA) is 237 Å². The van der Waals surface area contributed by atoms with E-state index in [2.05, 4.69) is 34.6 Å². The monoisotopic (exact) mass is 1520 g/mol. The smallest absolute Gasteiger partial charge is 0.462 e. The Morgan fingerprint density at radius 3 is 0.654 bits per heavy atom. The average molecular weight is 1520 g/mol. The van der Waals surface area contributed by atoms with Gasteiger partial charge in [0.2, 0.25) is 0 Å². The van der Waals surface area contributed by atoms with Gasteiger partial charge in [-0.15, -0.1) is 0 Å². The Morgan fingerprint density at radius 1 is 0.260 bits per heavy atom. The van der Waals surface area contributed by atoms with E-state index < -0.39 is 97.5 Å². The first-order chi connectivity index (χ1) is 50.5. The summed E-state index contributed by atoms with van der Waals surface area (Å²) in [6.45, 7) is 7.39. The number of rotatable bonds is 85. The molecule has 0 heterocycles. The second kappa shape index (κ2) is 77.8. The molecular weight excluding hydrogens is 1350 g/mol. The summed E-state index contributed by atoms with van der Waals surface area (Å²) in [4.78, 5) is 73.2. The van der Waals surface area contributed by atoms with E-state index in [0.29, 0.717) is 25.7 Å². The van der Waals surface area contributed by atoms with E-state index in [9.17, 15) is 43.2 Å². The predicted molar refractivity (Wildman–Crippen MR) is 428 cm³/mol. The quantitative estimate of drug-likeness (QED) is 0.0222. The highest BCUT2D eigenvalue weighted by molar-refractivity contribution is 7.47. The van der Waals surface area contributed by atoms with Gasteiger partial charge < -0.3 is 33.8 Å². The maximum atomic E-state index is 13.1. The number of ether oxygens (including phenoxy) is 4. The molecule has 0 aliphatic rings. The van der Waals surface area contributed by atoms with Crippen LogP contribution in [0.25, 0.3) is 0 Å². The molecule has 0 aromatic heterocycles. The molecule has 0 bridgehead atoms. The first-order valence-corrected chi connectivity index (χ1v) is 47.1. The van der Waals surface area contributed by atoms with Gasteiger partial charge in [-0.1, -0.05) is 407 Å². The van der Waals surface area contributed by atoms with Crippen LogP contribution in [0.5, 0.6) is 0 Å². The van der Waals surface area contributed by atoms with Crippen LogP contribution in [0.15, 0.2) is 0 Å². The number of phosphoric ester groups is 2. The van der Waals surface area contributed by atoms with Gasteiger partial charge in [0.25, 0.3) is 0 Å². The second-order valence-corrected chi connectivity index (χ2v) is 34.0. The summed E-state index contributed by atoms with van der Waals surface area (Å²) in [5.41, 5.74) is 0. The summed E-state index contributed by atoms with van der Waals surface area (Å²) in [7, 11) is -9.92. The summed E-state index contributed by atoms with van der Waals surface area (Å²) in [6, 6.07) is 0. The van der Waals surface area contributed by atoms with Crippen LogP contribution in [0.4, 0.5) is 0 Å². The van der Waals surface area contributed by atoms with E-state index in [1.54, 1.807) is 0 Å². The minimum absolute atomic E-state index is 0.109. The molecule has 0 saturated carbocycles. The van der Waals surface area contributed by atoms with E-state index in [0.717, 1.165) is 95.8 Å². The average Bonchev–Trinajstić information content (AvgIpc) is 0.906. The zero-order valence-electron chi connectivity index (χ0n) is 68.2. The third-order valence-electron chi connectivity index (χ3n) is 20.0. The fourth-order valence-electron chi connectivity index (χ4n) is 13.3. The maximum Gasteiger partial charge on any atom is 0.472 e. The van der Waals surface area contributed by atoms with Crippen LogP contribution < -0.4 is 0 Å². The zero-order valence-corrected chi connectivity index (χ0v) is 70.0. The number of aliphatic hydroxyl groups excluding tert-OH is 1. The lowest BCUT2D eigenvalue weighted by Gasteiger charge is -2.21. The fraction of sp³-hybridized carbons (Fsp3) is 0.953. The van der Waals surface area contributed by atoms with Crippen LogP contribution in [0.3, 0.4) is 0 Å². The van der Waals surface area contributed by atoms with Gasteiger partial charge in [0.15, 0.2) is 12.2 Å². The van der Waals surface area contributed by atoms with Crippen molar-refractivity contribution in [3.05, 3.63) is 0 Å². The Balaban J connectivity index is 5.22. The van der Waals surface area contributed by atoms with Crippen LogP contribution in [0, 0.1) is 5.92 Å². The van der Waals surface area contributed by atoms with Gasteiger partial charge in [0.05, 0.1) is 26.4 Å². The van der Waals surface area contributed by atoms with Crippen molar-refractivity contribution in [1.82, 2.24) is 0 Å². The van der Waals surface area contributed by atoms with Crippen molar-refractivity contribution in [2.45, 2.75) is 477 Å². The lowest BCUT2D eigenvalue weighted by atomic mass is 10.0. The second-order valence-electron chi connectivity index (χ2n) is 31.1. The molecule has 618 valence electrons. The third kappa shape index (κ3) is 78.2. The van der Waals surface area contributed by atoms with Gasteiger partial charge in [-0.25, -0.2) is 9.13 Å². The number of unbranched alkanes of at least 4 members (excludes halogenated alkanes) is 57. The van der Waals surface area contributed by atoms with Crippen LogP contribution in [0.1, 0.15) is 458 Å². The van der Waals surface area contributed by atoms with Gasteiger partial charge in [0, 0.05) is 25.7 Å². The van der Waals surface area contributed by atoms with Crippen molar-refractivity contribution in [3.63, 3.8) is 0 Å². The highest BCUT2D eigenvalue weighted by atomic mass is 31.2.